The fraction of sp³-hybridized carbons (Fsp3) is 0.333. The minimum atomic E-state index is -4.96. The van der Waals surface area contributed by atoms with Gasteiger partial charge in [0, 0.05) is 18.8 Å². The van der Waals surface area contributed by atoms with Crippen LogP contribution in [-0.2, 0) is 27.8 Å². The van der Waals surface area contributed by atoms with Crippen LogP contribution >= 0.6 is 0 Å². The average Bonchev–Trinajstić information content (AvgIpc) is 2.58. The monoisotopic (exact) mass is 413 g/mol. The predicted octanol–water partition coefficient (Wildman–Crippen LogP) is 2.95. The summed E-state index contributed by atoms with van der Waals surface area (Å²) in [4.78, 5) is 16.2. The highest BCUT2D eigenvalue weighted by Crippen LogP contribution is 2.27. The summed E-state index contributed by atoms with van der Waals surface area (Å²) in [5.74, 6) is -1.77. The Morgan fingerprint density at radius 3 is 2.50 bits per heavy atom. The molecular weight excluding hydrogens is 395 g/mol. The summed E-state index contributed by atoms with van der Waals surface area (Å²) in [5, 5.41) is 0. The van der Waals surface area contributed by atoms with E-state index in [9.17, 15) is 26.4 Å². The highest BCUT2D eigenvalue weighted by atomic mass is 32.2. The Kier molecular flexibility index (Phi) is 5.09. The van der Waals surface area contributed by atoms with Crippen LogP contribution in [0.1, 0.15) is 22.4 Å². The Bertz CT molecular complexity index is 1020. The third-order valence-corrected chi connectivity index (χ3v) is 5.72. The number of anilines is 1. The van der Waals surface area contributed by atoms with Gasteiger partial charge in [-0.05, 0) is 61.2 Å². The van der Waals surface area contributed by atoms with E-state index < -0.39 is 22.1 Å². The van der Waals surface area contributed by atoms with E-state index in [0.717, 1.165) is 11.1 Å². The summed E-state index contributed by atoms with van der Waals surface area (Å²) in [6.07, 6.45) is -4.74. The zero-order valence-corrected chi connectivity index (χ0v) is 16.0. The molecule has 0 fully saturated rings. The van der Waals surface area contributed by atoms with E-state index in [2.05, 4.69) is 9.71 Å². The summed E-state index contributed by atoms with van der Waals surface area (Å²) in [5.41, 5.74) is 2.57. The fourth-order valence-corrected chi connectivity index (χ4v) is 4.19. The van der Waals surface area contributed by atoms with Gasteiger partial charge in [0.1, 0.15) is 5.82 Å². The summed E-state index contributed by atoms with van der Waals surface area (Å²) in [6, 6.07) is 7.63. The topological polar surface area (TPSA) is 79.4 Å². The van der Waals surface area contributed by atoms with Crippen LogP contribution in [0.15, 0.2) is 35.2 Å². The van der Waals surface area contributed by atoms with Gasteiger partial charge < -0.3 is 4.90 Å². The van der Waals surface area contributed by atoms with Crippen LogP contribution in [0.4, 0.5) is 19.0 Å². The third-order valence-electron chi connectivity index (χ3n) is 4.37. The van der Waals surface area contributed by atoms with Crippen LogP contribution < -0.4 is 4.72 Å². The minimum absolute atomic E-state index is 0.0673. The molecule has 1 aromatic heterocycles. The zero-order chi connectivity index (χ0) is 20.7. The van der Waals surface area contributed by atoms with Crippen molar-refractivity contribution in [2.24, 2.45) is 0 Å². The molecule has 0 spiro atoms. The molecule has 0 atom stereocenters. The van der Waals surface area contributed by atoms with Crippen molar-refractivity contribution in [1.82, 2.24) is 9.88 Å². The van der Waals surface area contributed by atoms with Crippen LogP contribution in [0.5, 0.6) is 0 Å². The second-order valence-corrected chi connectivity index (χ2v) is 8.36. The van der Waals surface area contributed by atoms with Gasteiger partial charge in [-0.25, -0.2) is 13.4 Å². The van der Waals surface area contributed by atoms with Gasteiger partial charge in [-0.3, -0.25) is 9.52 Å². The molecule has 2 heterocycles. The lowest BCUT2D eigenvalue weighted by Crippen LogP contribution is -2.43. The molecule has 0 radical (unpaired) electrons. The molecule has 0 aliphatic carbocycles. The molecule has 1 amide bonds. The number of fused-ring (bicyclic) bond motifs is 1. The number of carbonyl (C=O) groups is 1. The van der Waals surface area contributed by atoms with E-state index in [0.29, 0.717) is 16.2 Å². The molecule has 0 bridgehead atoms. The number of alkyl halides is 3. The van der Waals surface area contributed by atoms with Crippen molar-refractivity contribution in [3.63, 3.8) is 0 Å². The number of rotatable bonds is 3. The Morgan fingerprint density at radius 1 is 1.14 bits per heavy atom. The highest BCUT2D eigenvalue weighted by molar-refractivity contribution is 7.92. The number of nitrogens with one attached hydrogen (secondary N) is 1. The van der Waals surface area contributed by atoms with Crippen LogP contribution in [0.2, 0.25) is 0 Å². The van der Waals surface area contributed by atoms with Crippen molar-refractivity contribution < 1.29 is 26.4 Å². The maximum Gasteiger partial charge on any atom is 0.471 e. The van der Waals surface area contributed by atoms with E-state index in [-0.39, 0.29) is 30.2 Å². The maximum absolute atomic E-state index is 12.7. The standard InChI is InChI=1S/C18H18F3N3O3S/c1-11-7-12(2)22-16(8-11)23-28(26,27)15-4-3-13-5-6-24(10-14(13)9-15)17(25)18(19,20)21/h3-4,7-9H,5-6,10H2,1-2H3,(H,22,23). The van der Waals surface area contributed by atoms with Crippen molar-refractivity contribution in [3.8, 4) is 0 Å². The first-order chi connectivity index (χ1) is 13.0. The number of hydrogen-bond acceptors (Lipinski definition) is 4. The molecule has 2 aromatic rings. The van der Waals surface area contributed by atoms with E-state index >= 15 is 0 Å². The van der Waals surface area contributed by atoms with Crippen LogP contribution in [-0.4, -0.2) is 36.9 Å². The molecule has 1 aliphatic heterocycles. The third kappa shape index (κ3) is 4.27. The minimum Gasteiger partial charge on any atom is -0.330 e. The first-order valence-corrected chi connectivity index (χ1v) is 9.90. The Labute approximate surface area is 160 Å². The lowest BCUT2D eigenvalue weighted by Gasteiger charge is -2.29. The Morgan fingerprint density at radius 2 is 1.86 bits per heavy atom. The van der Waals surface area contributed by atoms with E-state index in [1.807, 2.05) is 0 Å². The van der Waals surface area contributed by atoms with Gasteiger partial charge in [0.25, 0.3) is 10.0 Å². The van der Waals surface area contributed by atoms with E-state index in [4.69, 9.17) is 0 Å². The average molecular weight is 413 g/mol. The molecule has 1 N–H and O–H groups in total. The molecule has 0 unspecified atom stereocenters. The van der Waals surface area contributed by atoms with E-state index in [1.165, 1.54) is 12.1 Å². The SMILES string of the molecule is Cc1cc(C)nc(NS(=O)(=O)c2ccc3c(c2)CN(C(=O)C(F)(F)F)CC3)c1. The van der Waals surface area contributed by atoms with Crippen molar-refractivity contribution in [2.45, 2.75) is 37.9 Å². The number of aromatic nitrogens is 1. The summed E-state index contributed by atoms with van der Waals surface area (Å²) < 4.78 is 65.8. The van der Waals surface area contributed by atoms with Gasteiger partial charge in [0.2, 0.25) is 0 Å². The van der Waals surface area contributed by atoms with Gasteiger partial charge in [-0.1, -0.05) is 6.07 Å². The Hall–Kier alpha value is -2.62. The molecule has 1 aromatic carbocycles. The van der Waals surface area contributed by atoms with Crippen molar-refractivity contribution in [1.29, 1.82) is 0 Å². The van der Waals surface area contributed by atoms with Crippen LogP contribution in [0, 0.1) is 13.8 Å². The maximum atomic E-state index is 12.7. The van der Waals surface area contributed by atoms with E-state index in [1.54, 1.807) is 32.0 Å². The zero-order valence-electron chi connectivity index (χ0n) is 15.2. The number of benzene rings is 1. The van der Waals surface area contributed by atoms with Crippen LogP contribution in [0.3, 0.4) is 0 Å². The van der Waals surface area contributed by atoms with Gasteiger partial charge in [-0.15, -0.1) is 0 Å². The number of sulfonamides is 1. The molecule has 3 rings (SSSR count). The second-order valence-electron chi connectivity index (χ2n) is 6.68. The molecule has 1 aliphatic rings. The highest BCUT2D eigenvalue weighted by Gasteiger charge is 2.43. The van der Waals surface area contributed by atoms with Crippen molar-refractivity contribution in [2.75, 3.05) is 11.3 Å². The number of carbonyl (C=O) groups excluding carboxylic acids is 1. The summed E-state index contributed by atoms with van der Waals surface area (Å²) in [7, 11) is -3.98. The number of halogens is 3. The van der Waals surface area contributed by atoms with Crippen molar-refractivity contribution in [3.05, 3.63) is 52.7 Å². The number of nitrogens with zero attached hydrogens (tertiary/aromatic N) is 2. The fourth-order valence-electron chi connectivity index (χ4n) is 3.14. The quantitative estimate of drug-likeness (QED) is 0.839. The predicted molar refractivity (Wildman–Crippen MR) is 96.1 cm³/mol. The smallest absolute Gasteiger partial charge is 0.330 e. The molecular formula is C18H18F3N3O3S. The number of pyridine rings is 1. The van der Waals surface area contributed by atoms with Gasteiger partial charge >= 0.3 is 12.1 Å². The normalized spacial score (nSPS) is 14.5. The van der Waals surface area contributed by atoms with Gasteiger partial charge in [0.05, 0.1) is 4.90 Å². The lowest BCUT2D eigenvalue weighted by atomic mass is 10.00. The summed E-state index contributed by atoms with van der Waals surface area (Å²) in [6.45, 7) is 3.18. The van der Waals surface area contributed by atoms with Gasteiger partial charge in [-0.2, -0.15) is 13.2 Å². The number of amides is 1. The molecule has 10 heteroatoms. The van der Waals surface area contributed by atoms with Crippen molar-refractivity contribution >= 4 is 21.7 Å². The molecule has 150 valence electrons. The molecule has 28 heavy (non-hydrogen) atoms. The largest absolute Gasteiger partial charge is 0.471 e. The van der Waals surface area contributed by atoms with Gasteiger partial charge in [0.15, 0.2) is 0 Å². The second kappa shape index (κ2) is 7.08. The molecule has 0 saturated carbocycles. The first kappa shape index (κ1) is 20.1. The Balaban J connectivity index is 1.87. The van der Waals surface area contributed by atoms with Crippen LogP contribution in [0.25, 0.3) is 0 Å². The summed E-state index contributed by atoms with van der Waals surface area (Å²) >= 11 is 0. The number of aryl methyl sites for hydroxylation is 2. The molecule has 6 nitrogen and oxygen atoms in total. The molecule has 0 saturated heterocycles. The number of hydrogen-bond donors (Lipinski definition) is 1. The first-order valence-electron chi connectivity index (χ1n) is 8.42. The lowest BCUT2D eigenvalue weighted by molar-refractivity contribution is -0.186.